The third kappa shape index (κ3) is 5.68. The van der Waals surface area contributed by atoms with E-state index in [1.807, 2.05) is 18.2 Å². The number of unbranched alkanes of at least 4 members (excludes halogenated alkanes) is 1. The van der Waals surface area contributed by atoms with Gasteiger partial charge in [-0.05, 0) is 48.4 Å². The maximum absolute atomic E-state index is 12.9. The summed E-state index contributed by atoms with van der Waals surface area (Å²) in [5.74, 6) is 0.689. The van der Waals surface area contributed by atoms with Crippen molar-refractivity contribution in [3.63, 3.8) is 0 Å². The molecule has 0 bridgehead atoms. The molecule has 1 fully saturated rings. The molecule has 0 radical (unpaired) electrons. The van der Waals surface area contributed by atoms with E-state index < -0.39 is 0 Å². The van der Waals surface area contributed by atoms with Crippen molar-refractivity contribution < 1.29 is 4.79 Å². The Morgan fingerprint density at radius 3 is 2.43 bits per heavy atom. The molecule has 2 atom stereocenters. The molecule has 150 valence electrons. The van der Waals surface area contributed by atoms with Gasteiger partial charge in [0.15, 0.2) is 0 Å². The number of rotatable bonds is 8. The fourth-order valence-corrected chi connectivity index (χ4v) is 4.14. The molecule has 2 aromatic rings. The van der Waals surface area contributed by atoms with Crippen molar-refractivity contribution in [3.05, 3.63) is 71.3 Å². The zero-order chi connectivity index (χ0) is 19.8. The topological polar surface area (TPSA) is 32.3 Å². The highest BCUT2D eigenvalue weighted by Gasteiger charge is 2.32. The summed E-state index contributed by atoms with van der Waals surface area (Å²) in [5, 5.41) is 3.17. The Morgan fingerprint density at radius 2 is 1.75 bits per heavy atom. The lowest BCUT2D eigenvalue weighted by Crippen LogP contribution is -2.45. The molecule has 1 aliphatic heterocycles. The van der Waals surface area contributed by atoms with Gasteiger partial charge in [0.1, 0.15) is 0 Å². The lowest BCUT2D eigenvalue weighted by Gasteiger charge is -2.37. The number of piperidine rings is 1. The minimum atomic E-state index is 0.0603. The van der Waals surface area contributed by atoms with E-state index in [1.165, 1.54) is 24.0 Å². The molecule has 0 spiro atoms. The summed E-state index contributed by atoms with van der Waals surface area (Å²) in [4.78, 5) is 15.4. The van der Waals surface area contributed by atoms with Crippen LogP contribution in [0, 0.1) is 5.92 Å². The van der Waals surface area contributed by atoms with E-state index in [9.17, 15) is 4.79 Å². The van der Waals surface area contributed by atoms with Gasteiger partial charge in [-0.15, -0.1) is 0 Å². The Balaban J connectivity index is 1.66. The van der Waals surface area contributed by atoms with Gasteiger partial charge in [0.25, 0.3) is 0 Å². The number of carbonyl (C=O) groups excluding carboxylic acids is 1. The summed E-state index contributed by atoms with van der Waals surface area (Å²) >= 11 is 0. The molecule has 3 rings (SSSR count). The molecule has 0 saturated carbocycles. The molecule has 1 heterocycles. The van der Waals surface area contributed by atoms with Gasteiger partial charge in [-0.2, -0.15) is 0 Å². The largest absolute Gasteiger partial charge is 0.352 e. The van der Waals surface area contributed by atoms with Crippen molar-refractivity contribution >= 4 is 5.91 Å². The summed E-state index contributed by atoms with van der Waals surface area (Å²) in [6, 6.07) is 19.2. The summed E-state index contributed by atoms with van der Waals surface area (Å²) in [6.07, 6.45) is 4.39. The molecule has 0 unspecified atom stereocenters. The number of benzene rings is 2. The summed E-state index contributed by atoms with van der Waals surface area (Å²) in [7, 11) is 0. The molecule has 0 aliphatic carbocycles. The van der Waals surface area contributed by atoms with Crippen LogP contribution in [0.3, 0.4) is 0 Å². The Hall–Kier alpha value is -2.13. The Bertz CT molecular complexity index is 726. The maximum atomic E-state index is 12.9. The van der Waals surface area contributed by atoms with Crippen molar-refractivity contribution in [2.75, 3.05) is 19.6 Å². The zero-order valence-corrected chi connectivity index (χ0v) is 17.4. The summed E-state index contributed by atoms with van der Waals surface area (Å²) in [5.41, 5.74) is 3.90. The average Bonchev–Trinajstić information content (AvgIpc) is 2.76. The van der Waals surface area contributed by atoms with Crippen LogP contribution in [0.1, 0.15) is 55.7 Å². The van der Waals surface area contributed by atoms with Crippen LogP contribution in [-0.2, 0) is 17.8 Å². The molecule has 1 aliphatic rings. The van der Waals surface area contributed by atoms with Gasteiger partial charge in [0.05, 0.1) is 5.92 Å². The highest BCUT2D eigenvalue weighted by Crippen LogP contribution is 2.31. The van der Waals surface area contributed by atoms with E-state index in [2.05, 4.69) is 60.5 Å². The number of carbonyl (C=O) groups is 1. The Morgan fingerprint density at radius 1 is 1.00 bits per heavy atom. The second kappa shape index (κ2) is 10.4. The van der Waals surface area contributed by atoms with Gasteiger partial charge in [-0.25, -0.2) is 0 Å². The first-order valence-electron chi connectivity index (χ1n) is 10.8. The van der Waals surface area contributed by atoms with Crippen molar-refractivity contribution in [2.24, 2.45) is 5.92 Å². The van der Waals surface area contributed by atoms with Gasteiger partial charge in [-0.3, -0.25) is 4.79 Å². The monoisotopic (exact) mass is 378 g/mol. The van der Waals surface area contributed by atoms with Crippen molar-refractivity contribution in [1.82, 2.24) is 10.2 Å². The van der Waals surface area contributed by atoms with E-state index in [4.69, 9.17) is 0 Å². The van der Waals surface area contributed by atoms with Crippen molar-refractivity contribution in [2.45, 2.75) is 52.0 Å². The average molecular weight is 379 g/mol. The second-order valence-corrected chi connectivity index (χ2v) is 8.04. The third-order valence-corrected chi connectivity index (χ3v) is 5.89. The quantitative estimate of drug-likeness (QED) is 0.717. The number of aryl methyl sites for hydroxylation is 1. The lowest BCUT2D eigenvalue weighted by atomic mass is 9.83. The van der Waals surface area contributed by atoms with E-state index in [0.29, 0.717) is 12.5 Å². The molecule has 2 aromatic carbocycles. The summed E-state index contributed by atoms with van der Waals surface area (Å²) in [6.45, 7) is 8.06. The standard InChI is InChI=1S/C25H34N2O/c1-3-5-15-27-18-23(22-13-11-20(4-2)12-14-22)16-24(19-27)25(28)26-17-21-9-7-6-8-10-21/h6-14,23-24H,3-5,15-19H2,1-2H3,(H,26,28)/t23-,24-/m1/s1. The predicted octanol–water partition coefficient (Wildman–Crippen LogP) is 4.77. The molecule has 1 N–H and O–H groups in total. The first-order chi connectivity index (χ1) is 13.7. The first-order valence-corrected chi connectivity index (χ1v) is 10.8. The van der Waals surface area contributed by atoms with Gasteiger partial charge >= 0.3 is 0 Å². The van der Waals surface area contributed by atoms with Crippen LogP contribution in [0.4, 0.5) is 0 Å². The minimum Gasteiger partial charge on any atom is -0.352 e. The number of likely N-dealkylation sites (tertiary alicyclic amines) is 1. The maximum Gasteiger partial charge on any atom is 0.224 e. The van der Waals surface area contributed by atoms with Crippen molar-refractivity contribution in [3.8, 4) is 0 Å². The molecule has 1 amide bonds. The van der Waals surface area contributed by atoms with E-state index in [1.54, 1.807) is 0 Å². The number of hydrogen-bond donors (Lipinski definition) is 1. The normalized spacial score (nSPS) is 20.1. The van der Waals surface area contributed by atoms with Crippen LogP contribution < -0.4 is 5.32 Å². The predicted molar refractivity (Wildman–Crippen MR) is 116 cm³/mol. The fraction of sp³-hybridized carbons (Fsp3) is 0.480. The Labute approximate surface area is 170 Å². The first kappa shape index (κ1) is 20.6. The van der Waals surface area contributed by atoms with E-state index in [0.717, 1.165) is 38.0 Å². The van der Waals surface area contributed by atoms with E-state index >= 15 is 0 Å². The Kier molecular flexibility index (Phi) is 7.67. The van der Waals surface area contributed by atoms with Crippen molar-refractivity contribution in [1.29, 1.82) is 0 Å². The molecule has 0 aromatic heterocycles. The van der Waals surface area contributed by atoms with Crippen LogP contribution in [-0.4, -0.2) is 30.4 Å². The molecule has 28 heavy (non-hydrogen) atoms. The van der Waals surface area contributed by atoms with Gasteiger partial charge in [-0.1, -0.05) is 74.9 Å². The fourth-order valence-electron chi connectivity index (χ4n) is 4.14. The van der Waals surface area contributed by atoms with E-state index in [-0.39, 0.29) is 11.8 Å². The van der Waals surface area contributed by atoms with Gasteiger partial charge < -0.3 is 10.2 Å². The second-order valence-electron chi connectivity index (χ2n) is 8.04. The van der Waals surface area contributed by atoms with Crippen LogP contribution in [0.2, 0.25) is 0 Å². The summed E-state index contributed by atoms with van der Waals surface area (Å²) < 4.78 is 0. The number of nitrogens with one attached hydrogen (secondary N) is 1. The van der Waals surface area contributed by atoms with Crippen LogP contribution in [0.15, 0.2) is 54.6 Å². The minimum absolute atomic E-state index is 0.0603. The molecule has 1 saturated heterocycles. The van der Waals surface area contributed by atoms with Crippen LogP contribution >= 0.6 is 0 Å². The third-order valence-electron chi connectivity index (χ3n) is 5.89. The number of nitrogens with zero attached hydrogens (tertiary/aromatic N) is 1. The SMILES string of the molecule is CCCCN1C[C@H](C(=O)NCc2ccccc2)C[C@@H](c2ccc(CC)cc2)C1. The van der Waals surface area contributed by atoms with Crippen LogP contribution in [0.5, 0.6) is 0 Å². The molecule has 3 nitrogen and oxygen atoms in total. The molecule has 3 heteroatoms. The molecular weight excluding hydrogens is 344 g/mol. The zero-order valence-electron chi connectivity index (χ0n) is 17.4. The van der Waals surface area contributed by atoms with Gasteiger partial charge in [0.2, 0.25) is 5.91 Å². The highest BCUT2D eigenvalue weighted by molar-refractivity contribution is 5.79. The molecular formula is C25H34N2O. The highest BCUT2D eigenvalue weighted by atomic mass is 16.1. The number of amides is 1. The van der Waals surface area contributed by atoms with Crippen LogP contribution in [0.25, 0.3) is 0 Å². The smallest absolute Gasteiger partial charge is 0.224 e. The number of hydrogen-bond acceptors (Lipinski definition) is 2. The van der Waals surface area contributed by atoms with Gasteiger partial charge in [0, 0.05) is 19.6 Å². The lowest BCUT2D eigenvalue weighted by molar-refractivity contribution is -0.127.